The van der Waals surface area contributed by atoms with Gasteiger partial charge in [-0.3, -0.25) is 9.59 Å². The van der Waals surface area contributed by atoms with Crippen molar-refractivity contribution in [3.8, 4) is 18.2 Å². The Morgan fingerprint density at radius 1 is 0.796 bits per heavy atom. The van der Waals surface area contributed by atoms with Gasteiger partial charge in [-0.25, -0.2) is 0 Å². The normalized spacial score (nSPS) is 14.2. The van der Waals surface area contributed by atoms with Crippen LogP contribution in [0.25, 0.3) is 6.08 Å². The van der Waals surface area contributed by atoms with E-state index in [4.69, 9.17) is 14.2 Å². The van der Waals surface area contributed by atoms with Gasteiger partial charge in [0.25, 0.3) is 0 Å². The molecule has 0 radical (unpaired) electrons. The number of nitrogens with zero attached hydrogens (tertiary/aromatic N) is 6. The topological polar surface area (TPSA) is 161 Å². The smallest absolute Gasteiger partial charge is 0.311 e. The van der Waals surface area contributed by atoms with E-state index in [9.17, 15) is 25.4 Å². The maximum Gasteiger partial charge on any atom is 0.311 e. The molecule has 11 nitrogen and oxygen atoms in total. The highest BCUT2D eigenvalue weighted by molar-refractivity contribution is 5.76. The van der Waals surface area contributed by atoms with Gasteiger partial charge in [0.05, 0.1) is 35.3 Å². The van der Waals surface area contributed by atoms with Gasteiger partial charge in [-0.15, -0.1) is 0 Å². The van der Waals surface area contributed by atoms with Gasteiger partial charge in [0, 0.05) is 11.3 Å². The molecule has 0 aromatic heterocycles. The van der Waals surface area contributed by atoms with Gasteiger partial charge in [-0.05, 0) is 97.4 Å². The summed E-state index contributed by atoms with van der Waals surface area (Å²) in [6.07, 6.45) is 3.57. The zero-order valence-electron chi connectivity index (χ0n) is 29.3. The zero-order chi connectivity index (χ0) is 36.4. The average molecular weight is 663 g/mol. The molecule has 1 aliphatic rings. The van der Waals surface area contributed by atoms with Crippen LogP contribution in [0, 0.1) is 44.8 Å². The highest BCUT2D eigenvalue weighted by Crippen LogP contribution is 2.40. The Hall–Kier alpha value is -5.73. The van der Waals surface area contributed by atoms with Crippen LogP contribution in [0.5, 0.6) is 0 Å². The lowest BCUT2D eigenvalue weighted by molar-refractivity contribution is -0.152. The largest absolute Gasteiger partial charge is 0.480 e. The van der Waals surface area contributed by atoms with Crippen LogP contribution in [0.1, 0.15) is 61.0 Å². The zero-order valence-corrected chi connectivity index (χ0v) is 29.3. The Bertz CT molecular complexity index is 1740. The molecule has 1 heterocycles. The van der Waals surface area contributed by atoms with E-state index in [1.165, 1.54) is 0 Å². The molecule has 0 amide bonds. The fourth-order valence-corrected chi connectivity index (χ4v) is 4.46. The van der Waals surface area contributed by atoms with Crippen LogP contribution in [0.4, 0.5) is 17.1 Å². The number of anilines is 1. The third kappa shape index (κ3) is 10.4. The average Bonchev–Trinajstić information content (AvgIpc) is 3.31. The fraction of sp³-hybridized carbons (Fsp3) is 0.395. The van der Waals surface area contributed by atoms with Crippen molar-refractivity contribution in [2.24, 2.45) is 21.1 Å². The van der Waals surface area contributed by atoms with E-state index in [2.05, 4.69) is 16.3 Å². The molecular formula is C38H42N6O5. The molecule has 3 rings (SSSR count). The third-order valence-electron chi connectivity index (χ3n) is 7.31. The highest BCUT2D eigenvalue weighted by Gasteiger charge is 2.38. The van der Waals surface area contributed by atoms with Gasteiger partial charge in [-0.2, -0.15) is 26.0 Å². The summed E-state index contributed by atoms with van der Waals surface area (Å²) in [6.45, 7) is 15.5. The van der Waals surface area contributed by atoms with Gasteiger partial charge in [0.2, 0.25) is 0 Å². The summed E-state index contributed by atoms with van der Waals surface area (Å²) < 4.78 is 16.7. The molecule has 0 bridgehead atoms. The number of carbonyl (C=O) groups excluding carboxylic acids is 2. The number of benzene rings is 2. The quantitative estimate of drug-likeness (QED) is 0.132. The minimum atomic E-state index is -0.894. The Morgan fingerprint density at radius 3 is 1.69 bits per heavy atom. The van der Waals surface area contributed by atoms with Crippen molar-refractivity contribution in [2.75, 3.05) is 31.2 Å². The summed E-state index contributed by atoms with van der Waals surface area (Å²) in [4.78, 5) is 26.5. The van der Waals surface area contributed by atoms with Gasteiger partial charge in [0.1, 0.15) is 42.6 Å². The van der Waals surface area contributed by atoms with Crippen LogP contribution in [0.3, 0.4) is 0 Å². The molecule has 0 N–H and O–H groups in total. The summed E-state index contributed by atoms with van der Waals surface area (Å²) in [5, 5.41) is 37.0. The first-order valence-electron chi connectivity index (χ1n) is 15.8. The van der Waals surface area contributed by atoms with E-state index in [-0.39, 0.29) is 42.1 Å². The van der Waals surface area contributed by atoms with E-state index in [0.717, 1.165) is 11.3 Å². The highest BCUT2D eigenvalue weighted by atomic mass is 16.5. The minimum Gasteiger partial charge on any atom is -0.480 e. The minimum absolute atomic E-state index is 0.00291. The summed E-state index contributed by atoms with van der Waals surface area (Å²) in [6, 6.07) is 20.4. The summed E-state index contributed by atoms with van der Waals surface area (Å²) in [5.41, 5.74) is 1.31. The number of hydrogen-bond acceptors (Lipinski definition) is 11. The number of ether oxygens (including phenoxy) is 3. The second kappa shape index (κ2) is 15.9. The molecule has 0 aliphatic carbocycles. The summed E-state index contributed by atoms with van der Waals surface area (Å²) in [5.74, 6) is -0.582. The van der Waals surface area contributed by atoms with Crippen LogP contribution in [0.2, 0.25) is 0 Å². The van der Waals surface area contributed by atoms with Gasteiger partial charge < -0.3 is 19.1 Å². The van der Waals surface area contributed by atoms with Crippen molar-refractivity contribution in [2.45, 2.75) is 61.0 Å². The first kappa shape index (κ1) is 37.7. The molecule has 0 fully saturated rings. The molecule has 2 aromatic rings. The number of rotatable bonds is 11. The fourth-order valence-electron chi connectivity index (χ4n) is 4.46. The standard InChI is InChI=1S/C38H42N6O5/c1-36(2,3)34(45)47-21-19-44(20-22-48-35(46)37(4,5)6)30-16-14-29(15-17-30)43-42-28-12-9-26(10-13-28)11-18-32-31(25-41)33(27(23-39)24-40)49-38(32,7)8/h9-18H,19-22H2,1-8H3/b18-11+,43-42+. The third-order valence-corrected chi connectivity index (χ3v) is 7.31. The molecule has 0 atom stereocenters. The lowest BCUT2D eigenvalue weighted by atomic mass is 9.94. The van der Waals surface area contributed by atoms with Crippen LogP contribution in [-0.4, -0.2) is 43.8 Å². The summed E-state index contributed by atoms with van der Waals surface area (Å²) >= 11 is 0. The number of hydrogen-bond donors (Lipinski definition) is 0. The van der Waals surface area contributed by atoms with E-state index in [0.29, 0.717) is 30.0 Å². The van der Waals surface area contributed by atoms with E-state index in [1.807, 2.05) is 59.5 Å². The molecule has 49 heavy (non-hydrogen) atoms. The molecular weight excluding hydrogens is 620 g/mol. The SMILES string of the molecule is CC(C)(C)C(=O)OCCN(CCOC(=O)C(C)(C)C)c1ccc(/N=N/c2ccc(/C=C/C3=C(C#N)C(=C(C#N)C#N)OC3(C)C)cc2)cc1. The predicted octanol–water partition coefficient (Wildman–Crippen LogP) is 8.03. The van der Waals surface area contributed by atoms with Crippen LogP contribution < -0.4 is 4.90 Å². The monoisotopic (exact) mass is 662 g/mol. The Balaban J connectivity index is 1.71. The Morgan fingerprint density at radius 2 is 1.27 bits per heavy atom. The van der Waals surface area contributed by atoms with Gasteiger partial charge >= 0.3 is 11.9 Å². The van der Waals surface area contributed by atoms with Crippen LogP contribution in [0.15, 0.2) is 87.3 Å². The van der Waals surface area contributed by atoms with Crippen molar-refractivity contribution < 1.29 is 23.8 Å². The van der Waals surface area contributed by atoms with Crippen LogP contribution in [-0.2, 0) is 23.8 Å². The maximum atomic E-state index is 12.3. The molecule has 0 saturated heterocycles. The second-order valence-corrected chi connectivity index (χ2v) is 13.8. The second-order valence-electron chi connectivity index (χ2n) is 13.8. The number of azo groups is 1. The van der Waals surface area contributed by atoms with E-state index < -0.39 is 16.4 Å². The van der Waals surface area contributed by atoms with Crippen molar-refractivity contribution in [1.29, 1.82) is 15.8 Å². The number of nitriles is 3. The first-order valence-corrected chi connectivity index (χ1v) is 15.8. The van der Waals surface area contributed by atoms with Crippen molar-refractivity contribution in [3.63, 3.8) is 0 Å². The molecule has 254 valence electrons. The van der Waals surface area contributed by atoms with Crippen LogP contribution >= 0.6 is 0 Å². The predicted molar refractivity (Wildman–Crippen MR) is 185 cm³/mol. The lowest BCUT2D eigenvalue weighted by Crippen LogP contribution is -2.34. The Kier molecular flexibility index (Phi) is 12.2. The van der Waals surface area contributed by atoms with Gasteiger partial charge in [0.15, 0.2) is 11.3 Å². The molecule has 0 saturated carbocycles. The molecule has 0 spiro atoms. The molecule has 11 heteroatoms. The van der Waals surface area contributed by atoms with Crippen molar-refractivity contribution in [1.82, 2.24) is 0 Å². The number of allylic oxidation sites excluding steroid dienone is 2. The molecule has 0 unspecified atom stereocenters. The summed E-state index contributed by atoms with van der Waals surface area (Å²) in [7, 11) is 0. The maximum absolute atomic E-state index is 12.3. The lowest BCUT2D eigenvalue weighted by Gasteiger charge is -2.26. The van der Waals surface area contributed by atoms with Crippen molar-refractivity contribution in [3.05, 3.63) is 82.6 Å². The number of esters is 2. The van der Waals surface area contributed by atoms with Gasteiger partial charge in [-0.1, -0.05) is 24.3 Å². The molecule has 1 aliphatic heterocycles. The molecule has 2 aromatic carbocycles. The van der Waals surface area contributed by atoms with Crippen molar-refractivity contribution >= 4 is 35.1 Å². The van der Waals surface area contributed by atoms with E-state index >= 15 is 0 Å². The van der Waals surface area contributed by atoms with E-state index in [1.54, 1.807) is 73.6 Å². The number of carbonyl (C=O) groups is 2. The Labute approximate surface area is 288 Å². The first-order chi connectivity index (χ1) is 23.0.